The molecule has 0 atom stereocenters. The Bertz CT molecular complexity index is 1180. The number of nitrogens with one attached hydrogen (secondary N) is 1. The van der Waals surface area contributed by atoms with Gasteiger partial charge in [0.15, 0.2) is 0 Å². The fraction of sp³-hybridized carbons (Fsp3) is 0. The summed E-state index contributed by atoms with van der Waals surface area (Å²) in [5.74, 6) is 0.289. The summed E-state index contributed by atoms with van der Waals surface area (Å²) < 4.78 is 29.4. The molecule has 0 aliphatic heterocycles. The Hall–Kier alpha value is -2.90. The van der Waals surface area contributed by atoms with E-state index in [1.807, 2.05) is 36.4 Å². The molecule has 26 heavy (non-hydrogen) atoms. The number of hydrogen-bond donors (Lipinski definition) is 1. The Morgan fingerprint density at radius 1 is 0.962 bits per heavy atom. The predicted molar refractivity (Wildman–Crippen MR) is 101 cm³/mol. The zero-order valence-electron chi connectivity index (χ0n) is 13.4. The van der Waals surface area contributed by atoms with E-state index >= 15 is 0 Å². The van der Waals surface area contributed by atoms with Gasteiger partial charge < -0.3 is 0 Å². The van der Waals surface area contributed by atoms with Crippen LogP contribution in [0.15, 0.2) is 78.1 Å². The Morgan fingerprint density at radius 2 is 1.77 bits per heavy atom. The van der Waals surface area contributed by atoms with E-state index in [9.17, 15) is 8.42 Å². The number of rotatable bonds is 4. The summed E-state index contributed by atoms with van der Waals surface area (Å²) in [4.78, 5) is 3.93. The summed E-state index contributed by atoms with van der Waals surface area (Å²) in [6.45, 7) is 0. The number of anilines is 1. The van der Waals surface area contributed by atoms with Gasteiger partial charge in [0.1, 0.15) is 10.7 Å². The zero-order chi connectivity index (χ0) is 18.1. The lowest BCUT2D eigenvalue weighted by Gasteiger charge is -2.12. The Labute approximate surface area is 155 Å². The average Bonchev–Trinajstić information content (AvgIpc) is 3.04. The van der Waals surface area contributed by atoms with E-state index in [1.54, 1.807) is 12.1 Å². The molecule has 0 amide bonds. The van der Waals surface area contributed by atoms with Crippen LogP contribution in [0.3, 0.4) is 0 Å². The van der Waals surface area contributed by atoms with Crippen LogP contribution in [0.25, 0.3) is 16.6 Å². The first-order valence-electron chi connectivity index (χ1n) is 7.70. The third-order valence-electron chi connectivity index (χ3n) is 3.86. The van der Waals surface area contributed by atoms with Crippen LogP contribution in [0.4, 0.5) is 5.82 Å². The number of aromatic nitrogens is 3. The van der Waals surface area contributed by atoms with Crippen LogP contribution in [0.1, 0.15) is 0 Å². The lowest BCUT2D eigenvalue weighted by Crippen LogP contribution is -2.15. The molecule has 1 aromatic carbocycles. The van der Waals surface area contributed by atoms with Gasteiger partial charge in [-0.15, -0.1) is 0 Å². The number of pyridine rings is 2. The minimum atomic E-state index is -3.81. The minimum absolute atomic E-state index is 0.0662. The first-order chi connectivity index (χ1) is 12.5. The summed E-state index contributed by atoms with van der Waals surface area (Å²) >= 11 is 6.22. The second-order valence-electron chi connectivity index (χ2n) is 5.58. The van der Waals surface area contributed by atoms with Gasteiger partial charge in [-0.2, -0.15) is 5.10 Å². The summed E-state index contributed by atoms with van der Waals surface area (Å²) in [5, 5.41) is 4.61. The van der Waals surface area contributed by atoms with E-state index in [2.05, 4.69) is 14.8 Å². The van der Waals surface area contributed by atoms with Crippen molar-refractivity contribution in [3.05, 3.63) is 78.2 Å². The normalized spacial score (nSPS) is 11.6. The maximum absolute atomic E-state index is 12.7. The van der Waals surface area contributed by atoms with E-state index in [0.717, 1.165) is 11.1 Å². The maximum atomic E-state index is 12.7. The van der Waals surface area contributed by atoms with E-state index in [0.29, 0.717) is 10.5 Å². The Kier molecular flexibility index (Phi) is 4.10. The molecule has 0 aliphatic rings. The number of nitrogens with zero attached hydrogens (tertiary/aromatic N) is 3. The number of sulfonamides is 1. The largest absolute Gasteiger partial charge is 0.264 e. The van der Waals surface area contributed by atoms with Crippen molar-refractivity contribution in [3.63, 3.8) is 0 Å². The van der Waals surface area contributed by atoms with E-state index < -0.39 is 10.0 Å². The minimum Gasteiger partial charge on any atom is -0.263 e. The SMILES string of the molecule is O=S(=O)(Nc1cc(-c2ccccc2)cc2c(Cl)cnn12)c1cccnc1. The highest BCUT2D eigenvalue weighted by Crippen LogP contribution is 2.29. The molecule has 3 aromatic heterocycles. The smallest absolute Gasteiger partial charge is 0.263 e. The molecule has 0 unspecified atom stereocenters. The quantitative estimate of drug-likeness (QED) is 0.579. The van der Waals surface area contributed by atoms with Gasteiger partial charge in [0, 0.05) is 12.4 Å². The highest BCUT2D eigenvalue weighted by molar-refractivity contribution is 7.92. The van der Waals surface area contributed by atoms with Gasteiger partial charge in [0.25, 0.3) is 10.0 Å². The number of benzene rings is 1. The third kappa shape index (κ3) is 3.02. The fourth-order valence-corrected chi connectivity index (χ4v) is 3.80. The standard InChI is InChI=1S/C18H13ClN4O2S/c19-16-12-21-23-17(16)9-14(13-5-2-1-3-6-13)10-18(23)22-26(24,25)15-7-4-8-20-11-15/h1-12,22H. The highest BCUT2D eigenvalue weighted by Gasteiger charge is 2.18. The Balaban J connectivity index is 1.87. The average molecular weight is 385 g/mol. The summed E-state index contributed by atoms with van der Waals surface area (Å²) in [6, 6.07) is 16.3. The van der Waals surface area contributed by atoms with Gasteiger partial charge in [-0.25, -0.2) is 12.9 Å². The molecule has 8 heteroatoms. The van der Waals surface area contributed by atoms with E-state index in [1.165, 1.54) is 29.2 Å². The van der Waals surface area contributed by atoms with Gasteiger partial charge in [-0.05, 0) is 35.4 Å². The number of fused-ring (bicyclic) bond motifs is 1. The van der Waals surface area contributed by atoms with Crippen LogP contribution < -0.4 is 4.72 Å². The highest BCUT2D eigenvalue weighted by atomic mass is 35.5. The second-order valence-corrected chi connectivity index (χ2v) is 7.67. The van der Waals surface area contributed by atoms with E-state index in [-0.39, 0.29) is 10.7 Å². The molecule has 0 radical (unpaired) electrons. The lowest BCUT2D eigenvalue weighted by atomic mass is 10.1. The van der Waals surface area contributed by atoms with Gasteiger partial charge in [0.05, 0.1) is 16.7 Å². The molecule has 1 N–H and O–H groups in total. The van der Waals surface area contributed by atoms with Crippen molar-refractivity contribution in [1.29, 1.82) is 0 Å². The lowest BCUT2D eigenvalue weighted by molar-refractivity contribution is 0.600. The molecular formula is C18H13ClN4O2S. The third-order valence-corrected chi connectivity index (χ3v) is 5.49. The van der Waals surface area contributed by atoms with Crippen molar-refractivity contribution in [2.24, 2.45) is 0 Å². The van der Waals surface area contributed by atoms with Gasteiger partial charge >= 0.3 is 0 Å². The van der Waals surface area contributed by atoms with Crippen LogP contribution in [0.5, 0.6) is 0 Å². The zero-order valence-corrected chi connectivity index (χ0v) is 14.9. The molecule has 6 nitrogen and oxygen atoms in total. The molecule has 0 saturated carbocycles. The summed E-state index contributed by atoms with van der Waals surface area (Å²) in [7, 11) is -3.81. The van der Waals surface area contributed by atoms with Crippen LogP contribution >= 0.6 is 11.6 Å². The number of halogens is 1. The van der Waals surface area contributed by atoms with Crippen LogP contribution in [0, 0.1) is 0 Å². The summed E-state index contributed by atoms with van der Waals surface area (Å²) in [6.07, 6.45) is 4.28. The van der Waals surface area contributed by atoms with Gasteiger partial charge in [0.2, 0.25) is 0 Å². The van der Waals surface area contributed by atoms with Gasteiger partial charge in [-0.3, -0.25) is 9.71 Å². The molecule has 4 aromatic rings. The molecule has 130 valence electrons. The predicted octanol–water partition coefficient (Wildman–Crippen LogP) is 3.85. The second kappa shape index (κ2) is 6.44. The first kappa shape index (κ1) is 16.6. The van der Waals surface area contributed by atoms with Crippen molar-refractivity contribution >= 4 is 33.0 Å². The van der Waals surface area contributed by atoms with Crippen molar-refractivity contribution in [3.8, 4) is 11.1 Å². The molecule has 3 heterocycles. The van der Waals surface area contributed by atoms with Crippen molar-refractivity contribution in [1.82, 2.24) is 14.6 Å². The molecular weight excluding hydrogens is 372 g/mol. The molecule has 0 fully saturated rings. The topological polar surface area (TPSA) is 76.4 Å². The van der Waals surface area contributed by atoms with Crippen molar-refractivity contribution in [2.75, 3.05) is 4.72 Å². The maximum Gasteiger partial charge on any atom is 0.264 e. The molecule has 4 rings (SSSR count). The van der Waals surface area contributed by atoms with Crippen LogP contribution in [-0.4, -0.2) is 23.0 Å². The molecule has 0 saturated heterocycles. The molecule has 0 aliphatic carbocycles. The van der Waals surface area contributed by atoms with Crippen LogP contribution in [-0.2, 0) is 10.0 Å². The van der Waals surface area contributed by atoms with Gasteiger partial charge in [-0.1, -0.05) is 41.9 Å². The fourth-order valence-electron chi connectivity index (χ4n) is 2.63. The van der Waals surface area contributed by atoms with Crippen LogP contribution in [0.2, 0.25) is 5.02 Å². The monoisotopic (exact) mass is 384 g/mol. The van der Waals surface area contributed by atoms with Crippen molar-refractivity contribution < 1.29 is 8.42 Å². The molecule has 0 bridgehead atoms. The molecule has 0 spiro atoms. The first-order valence-corrected chi connectivity index (χ1v) is 9.56. The van der Waals surface area contributed by atoms with Crippen molar-refractivity contribution in [2.45, 2.75) is 4.90 Å². The summed E-state index contributed by atoms with van der Waals surface area (Å²) in [5.41, 5.74) is 2.37. The van der Waals surface area contributed by atoms with E-state index in [4.69, 9.17) is 11.6 Å². The Morgan fingerprint density at radius 3 is 2.50 bits per heavy atom. The number of hydrogen-bond acceptors (Lipinski definition) is 4.